The van der Waals surface area contributed by atoms with Crippen LogP contribution >= 0.6 is 0 Å². The maximum Gasteiger partial charge on any atom is 0.249 e. The Kier molecular flexibility index (Phi) is 5.70. The smallest absolute Gasteiger partial charge is 0.249 e. The normalized spacial score (nSPS) is 12.5. The minimum atomic E-state index is -0.230. The van der Waals surface area contributed by atoms with Crippen LogP contribution < -0.4 is 19.5 Å². The summed E-state index contributed by atoms with van der Waals surface area (Å²) in [4.78, 5) is 12.4. The zero-order valence-corrected chi connectivity index (χ0v) is 16.9. The van der Waals surface area contributed by atoms with Crippen molar-refractivity contribution < 1.29 is 19.0 Å². The van der Waals surface area contributed by atoms with Crippen LogP contribution in [0.1, 0.15) is 16.7 Å². The number of rotatable bonds is 7. The molecule has 1 aliphatic heterocycles. The van der Waals surface area contributed by atoms with Gasteiger partial charge in [0, 0.05) is 24.1 Å². The van der Waals surface area contributed by atoms with E-state index in [1.807, 2.05) is 36.4 Å². The minimum absolute atomic E-state index is 0.230. The number of hydrogen-bond acceptors (Lipinski definition) is 5. The Morgan fingerprint density at radius 2 is 2.13 bits per heavy atom. The quantitative estimate of drug-likeness (QED) is 0.609. The zero-order chi connectivity index (χ0) is 20.9. The number of carbonyl (C=O) groups is 1. The highest BCUT2D eigenvalue weighted by Crippen LogP contribution is 2.31. The van der Waals surface area contributed by atoms with Crippen molar-refractivity contribution in [1.82, 2.24) is 9.78 Å². The van der Waals surface area contributed by atoms with Gasteiger partial charge in [-0.15, -0.1) is 0 Å². The van der Waals surface area contributed by atoms with Gasteiger partial charge in [0.2, 0.25) is 5.91 Å². The predicted molar refractivity (Wildman–Crippen MR) is 114 cm³/mol. The number of fused-ring (bicyclic) bond motifs is 1. The summed E-state index contributed by atoms with van der Waals surface area (Å²) < 4.78 is 18.1. The highest BCUT2D eigenvalue weighted by molar-refractivity contribution is 6.01. The molecule has 0 unspecified atom stereocenters. The van der Waals surface area contributed by atoms with Crippen molar-refractivity contribution >= 4 is 17.8 Å². The minimum Gasteiger partial charge on any atom is -0.493 e. The average Bonchev–Trinajstić information content (AvgIpc) is 3.41. The lowest BCUT2D eigenvalue weighted by Gasteiger charge is -2.14. The molecule has 7 nitrogen and oxygen atoms in total. The van der Waals surface area contributed by atoms with Crippen LogP contribution in [0.15, 0.2) is 54.7 Å². The lowest BCUT2D eigenvalue weighted by atomic mass is 10.1. The van der Waals surface area contributed by atoms with Gasteiger partial charge in [-0.05, 0) is 35.4 Å². The summed E-state index contributed by atoms with van der Waals surface area (Å²) in [5, 5.41) is 7.20. The predicted octanol–water partition coefficient (Wildman–Crippen LogP) is 3.54. The van der Waals surface area contributed by atoms with Crippen LogP contribution in [-0.2, 0) is 17.8 Å². The summed E-state index contributed by atoms with van der Waals surface area (Å²) in [5.74, 6) is 2.58. The fourth-order valence-corrected chi connectivity index (χ4v) is 3.45. The molecule has 1 aromatic heterocycles. The van der Waals surface area contributed by atoms with Crippen molar-refractivity contribution in [2.45, 2.75) is 13.0 Å². The van der Waals surface area contributed by atoms with Crippen molar-refractivity contribution in [3.8, 4) is 17.2 Å². The Bertz CT molecular complexity index is 1090. The molecule has 2 aromatic carbocycles. The van der Waals surface area contributed by atoms with E-state index in [2.05, 4.69) is 10.4 Å². The molecule has 7 heteroatoms. The van der Waals surface area contributed by atoms with E-state index < -0.39 is 0 Å². The van der Waals surface area contributed by atoms with Gasteiger partial charge in [0.25, 0.3) is 0 Å². The van der Waals surface area contributed by atoms with Crippen LogP contribution in [0.5, 0.6) is 17.2 Å². The SMILES string of the molecule is COc1cccc(Cn2nccc2NC(=O)/C=C\c2ccc3c(c2)CCO3)c1OC. The van der Waals surface area contributed by atoms with Crippen LogP contribution in [0.25, 0.3) is 6.08 Å². The second-order valence-corrected chi connectivity index (χ2v) is 6.81. The second-order valence-electron chi connectivity index (χ2n) is 6.81. The number of amides is 1. The van der Waals surface area contributed by atoms with Gasteiger partial charge < -0.3 is 19.5 Å². The number of aromatic nitrogens is 2. The van der Waals surface area contributed by atoms with Crippen molar-refractivity contribution in [3.63, 3.8) is 0 Å². The van der Waals surface area contributed by atoms with Crippen LogP contribution in [0.2, 0.25) is 0 Å². The first-order valence-electron chi connectivity index (χ1n) is 9.64. The Morgan fingerprint density at radius 3 is 2.97 bits per heavy atom. The van der Waals surface area contributed by atoms with Crippen LogP contribution in [-0.4, -0.2) is 36.5 Å². The number of ether oxygens (including phenoxy) is 3. The fraction of sp³-hybridized carbons (Fsp3) is 0.217. The van der Waals surface area contributed by atoms with Gasteiger partial charge in [-0.3, -0.25) is 4.79 Å². The number of nitrogens with zero attached hydrogens (tertiary/aromatic N) is 2. The maximum atomic E-state index is 12.4. The van der Waals surface area contributed by atoms with Crippen LogP contribution in [0.4, 0.5) is 5.82 Å². The molecule has 30 heavy (non-hydrogen) atoms. The van der Waals surface area contributed by atoms with Crippen LogP contribution in [0.3, 0.4) is 0 Å². The summed E-state index contributed by atoms with van der Waals surface area (Å²) in [7, 11) is 3.20. The first kappa shape index (κ1) is 19.6. The fourth-order valence-electron chi connectivity index (χ4n) is 3.45. The Morgan fingerprint density at radius 1 is 1.23 bits per heavy atom. The Labute approximate surface area is 174 Å². The summed E-state index contributed by atoms with van der Waals surface area (Å²) in [6.45, 7) is 1.14. The molecule has 0 saturated heterocycles. The molecule has 0 atom stereocenters. The third kappa shape index (κ3) is 4.15. The molecule has 1 amide bonds. The van der Waals surface area contributed by atoms with Crippen LogP contribution in [0, 0.1) is 0 Å². The van der Waals surface area contributed by atoms with E-state index in [1.165, 1.54) is 11.6 Å². The van der Waals surface area contributed by atoms with E-state index in [0.717, 1.165) is 23.3 Å². The van der Waals surface area contributed by atoms with Crippen molar-refractivity contribution in [2.75, 3.05) is 26.1 Å². The molecule has 1 N–H and O–H groups in total. The maximum absolute atomic E-state index is 12.4. The Balaban J connectivity index is 1.45. The number of benzene rings is 2. The number of nitrogens with one attached hydrogen (secondary N) is 1. The van der Waals surface area contributed by atoms with Gasteiger partial charge in [-0.1, -0.05) is 18.2 Å². The van der Waals surface area contributed by atoms with Crippen molar-refractivity contribution in [1.29, 1.82) is 0 Å². The second kappa shape index (κ2) is 8.73. The van der Waals surface area contributed by atoms with E-state index in [0.29, 0.717) is 30.5 Å². The number of anilines is 1. The summed E-state index contributed by atoms with van der Waals surface area (Å²) >= 11 is 0. The molecule has 4 rings (SSSR count). The number of para-hydroxylation sites is 1. The van der Waals surface area contributed by atoms with Gasteiger partial charge in [-0.2, -0.15) is 5.10 Å². The molecule has 0 aliphatic carbocycles. The topological polar surface area (TPSA) is 74.6 Å². The van der Waals surface area contributed by atoms with Gasteiger partial charge in [0.15, 0.2) is 11.5 Å². The number of carbonyl (C=O) groups excluding carboxylic acids is 1. The van der Waals surface area contributed by atoms with E-state index in [4.69, 9.17) is 14.2 Å². The van der Waals surface area contributed by atoms with E-state index in [9.17, 15) is 4.79 Å². The molecule has 0 bridgehead atoms. The van der Waals surface area contributed by atoms with E-state index in [1.54, 1.807) is 37.2 Å². The molecule has 0 saturated carbocycles. The molecule has 3 aromatic rings. The largest absolute Gasteiger partial charge is 0.493 e. The standard InChI is InChI=1S/C23H23N3O4/c1-28-20-5-3-4-18(23(20)29-2)15-26-21(10-12-24-26)25-22(27)9-7-16-6-8-19-17(14-16)11-13-30-19/h3-10,12,14H,11,13,15H2,1-2H3,(H,25,27)/b9-7-. The van der Waals surface area contributed by atoms with Crippen molar-refractivity contribution in [2.24, 2.45) is 0 Å². The highest BCUT2D eigenvalue weighted by atomic mass is 16.5. The first-order chi connectivity index (χ1) is 14.7. The summed E-state index contributed by atoms with van der Waals surface area (Å²) in [6.07, 6.45) is 5.85. The molecule has 0 radical (unpaired) electrons. The molecular weight excluding hydrogens is 382 g/mol. The summed E-state index contributed by atoms with van der Waals surface area (Å²) in [6, 6.07) is 13.3. The third-order valence-corrected chi connectivity index (χ3v) is 4.91. The number of hydrogen-bond donors (Lipinski definition) is 1. The van der Waals surface area contributed by atoms with Crippen molar-refractivity contribution in [3.05, 3.63) is 71.4 Å². The van der Waals surface area contributed by atoms with Gasteiger partial charge >= 0.3 is 0 Å². The number of methoxy groups -OCH3 is 2. The average molecular weight is 405 g/mol. The summed E-state index contributed by atoms with van der Waals surface area (Å²) in [5.41, 5.74) is 3.03. The molecule has 2 heterocycles. The zero-order valence-electron chi connectivity index (χ0n) is 16.9. The first-order valence-corrected chi connectivity index (χ1v) is 9.64. The highest BCUT2D eigenvalue weighted by Gasteiger charge is 2.13. The van der Waals surface area contributed by atoms with Gasteiger partial charge in [-0.25, -0.2) is 4.68 Å². The molecule has 0 fully saturated rings. The van der Waals surface area contributed by atoms with Gasteiger partial charge in [0.1, 0.15) is 11.6 Å². The van der Waals surface area contributed by atoms with E-state index >= 15 is 0 Å². The molecule has 154 valence electrons. The molecule has 0 spiro atoms. The third-order valence-electron chi connectivity index (χ3n) is 4.91. The molecule has 1 aliphatic rings. The lowest BCUT2D eigenvalue weighted by molar-refractivity contribution is -0.111. The molecular formula is C23H23N3O4. The Hall–Kier alpha value is -3.74. The van der Waals surface area contributed by atoms with Gasteiger partial charge in [0.05, 0.1) is 33.6 Å². The monoisotopic (exact) mass is 405 g/mol. The van der Waals surface area contributed by atoms with E-state index in [-0.39, 0.29) is 5.91 Å². The lowest BCUT2D eigenvalue weighted by Crippen LogP contribution is -2.14.